The largest absolute Gasteiger partial charge is 0.490 e. The molecule has 3 aromatic rings. The molecule has 1 atom stereocenters. The Hall–Kier alpha value is -3.48. The smallest absolute Gasteiger partial charge is 0.419 e. The van der Waals surface area contributed by atoms with Crippen molar-refractivity contribution in [2.45, 2.75) is 18.0 Å². The molecule has 0 bridgehead atoms. The predicted molar refractivity (Wildman–Crippen MR) is 110 cm³/mol. The average Bonchev–Trinajstić information content (AvgIpc) is 2.69. The second-order valence-electron chi connectivity index (χ2n) is 7.19. The highest BCUT2D eigenvalue weighted by molar-refractivity contribution is 7.91. The van der Waals surface area contributed by atoms with Gasteiger partial charge in [0.2, 0.25) is 11.6 Å². The number of pyridine rings is 1. The molecule has 0 aliphatic carbocycles. The Morgan fingerprint density at radius 3 is 2.24 bits per heavy atom. The molecule has 13 heteroatoms. The summed E-state index contributed by atoms with van der Waals surface area (Å²) in [4.78, 5) is 14.5. The summed E-state index contributed by atoms with van der Waals surface area (Å²) in [5, 5.41) is 0. The number of ether oxygens (including phenoxy) is 2. The first kappa shape index (κ1) is 25.1. The van der Waals surface area contributed by atoms with Gasteiger partial charge in [-0.3, -0.25) is 4.79 Å². The molecule has 2 aromatic carbocycles. The average molecular weight is 506 g/mol. The van der Waals surface area contributed by atoms with E-state index >= 15 is 0 Å². The molecule has 0 radical (unpaired) electrons. The lowest BCUT2D eigenvalue weighted by molar-refractivity contribution is -0.140. The van der Waals surface area contributed by atoms with E-state index in [-0.39, 0.29) is 11.8 Å². The summed E-state index contributed by atoms with van der Waals surface area (Å²) in [6.45, 7) is 1.40. The van der Waals surface area contributed by atoms with Gasteiger partial charge in [0.15, 0.2) is 17.0 Å². The monoisotopic (exact) mass is 506 g/mol. The van der Waals surface area contributed by atoms with Crippen LogP contribution in [0.25, 0.3) is 11.3 Å². The molecule has 0 aliphatic rings. The molecule has 0 saturated carbocycles. The van der Waals surface area contributed by atoms with Crippen molar-refractivity contribution in [2.24, 2.45) is 0 Å². The van der Waals surface area contributed by atoms with Crippen LogP contribution in [-0.2, 0) is 15.9 Å². The third-order valence-electron chi connectivity index (χ3n) is 4.59. The zero-order valence-corrected chi connectivity index (χ0v) is 18.5. The second-order valence-corrected chi connectivity index (χ2v) is 9.28. The molecule has 1 heterocycles. The van der Waals surface area contributed by atoms with Crippen LogP contribution in [0.3, 0.4) is 0 Å². The van der Waals surface area contributed by atoms with Crippen molar-refractivity contribution in [3.8, 4) is 28.5 Å². The van der Waals surface area contributed by atoms with Crippen molar-refractivity contribution in [3.63, 3.8) is 0 Å². The zero-order valence-electron chi connectivity index (χ0n) is 17.7. The number of halogens is 6. The van der Waals surface area contributed by atoms with Crippen LogP contribution >= 0.6 is 0 Å². The van der Waals surface area contributed by atoms with Crippen molar-refractivity contribution in [1.82, 2.24) is 4.98 Å². The Morgan fingerprint density at radius 1 is 1.03 bits per heavy atom. The van der Waals surface area contributed by atoms with Gasteiger partial charge in [0.05, 0.1) is 28.1 Å². The maximum atomic E-state index is 14.5. The molecule has 1 aromatic heterocycles. The van der Waals surface area contributed by atoms with Crippen LogP contribution < -0.4 is 14.9 Å². The summed E-state index contributed by atoms with van der Waals surface area (Å²) in [7, 11) is -2.82. The Morgan fingerprint density at radius 2 is 1.68 bits per heavy atom. The quantitative estimate of drug-likeness (QED) is 0.439. The highest BCUT2D eigenvalue weighted by Gasteiger charge is 2.36. The summed E-state index contributed by atoms with van der Waals surface area (Å²) in [5.74, 6) is -6.70. The standard InChI is InChI=1S/C21H16F6N2O4S/c1-9-6-14(30)20(34(3,28)31)18(29-9)10-7-13(23)11(21(25,26)27)8-16(10)33-15-5-4-12(22)17(24)19(15)32-2/h4-8,28H,1-3H3,(H,29,30)/t34-/m1/s1. The lowest BCUT2D eigenvalue weighted by atomic mass is 10.0. The fraction of sp³-hybridized carbons (Fsp3) is 0.190. The molecule has 0 aliphatic heterocycles. The highest BCUT2D eigenvalue weighted by atomic mass is 32.2. The lowest BCUT2D eigenvalue weighted by Crippen LogP contribution is -2.17. The molecule has 0 fully saturated rings. The zero-order chi connectivity index (χ0) is 25.6. The fourth-order valence-corrected chi connectivity index (χ4v) is 4.20. The van der Waals surface area contributed by atoms with Crippen molar-refractivity contribution in [3.05, 3.63) is 69.3 Å². The first-order valence-electron chi connectivity index (χ1n) is 9.23. The summed E-state index contributed by atoms with van der Waals surface area (Å²) < 4.78 is 113. The van der Waals surface area contributed by atoms with Crippen LogP contribution in [0.2, 0.25) is 0 Å². The molecule has 3 rings (SSSR count). The molecule has 34 heavy (non-hydrogen) atoms. The lowest BCUT2D eigenvalue weighted by Gasteiger charge is -2.19. The number of alkyl halides is 3. The van der Waals surface area contributed by atoms with E-state index in [0.717, 1.165) is 25.5 Å². The Balaban J connectivity index is 2.41. The number of nitrogens with one attached hydrogen (secondary N) is 2. The van der Waals surface area contributed by atoms with Crippen molar-refractivity contribution in [2.75, 3.05) is 13.4 Å². The van der Waals surface area contributed by atoms with E-state index in [9.17, 15) is 35.3 Å². The van der Waals surface area contributed by atoms with Crippen LogP contribution in [0.15, 0.2) is 40.0 Å². The number of hydrogen-bond donors (Lipinski definition) is 2. The highest BCUT2D eigenvalue weighted by Crippen LogP contribution is 2.43. The van der Waals surface area contributed by atoms with Gasteiger partial charge >= 0.3 is 6.18 Å². The van der Waals surface area contributed by atoms with Gasteiger partial charge in [0, 0.05) is 23.6 Å². The van der Waals surface area contributed by atoms with Crippen LogP contribution in [0.4, 0.5) is 26.3 Å². The van der Waals surface area contributed by atoms with Crippen LogP contribution in [0.5, 0.6) is 17.2 Å². The second kappa shape index (κ2) is 8.70. The van der Waals surface area contributed by atoms with E-state index in [2.05, 4.69) is 4.98 Å². The van der Waals surface area contributed by atoms with Crippen molar-refractivity contribution in [1.29, 1.82) is 4.78 Å². The molecular formula is C21H16F6N2O4S. The molecular weight excluding hydrogens is 490 g/mol. The van der Waals surface area contributed by atoms with Gasteiger partial charge in [-0.2, -0.15) is 17.6 Å². The number of rotatable bonds is 5. The van der Waals surface area contributed by atoms with Gasteiger partial charge in [0.1, 0.15) is 16.5 Å². The molecule has 0 unspecified atom stereocenters. The van der Waals surface area contributed by atoms with E-state index < -0.39 is 77.8 Å². The number of methoxy groups -OCH3 is 1. The van der Waals surface area contributed by atoms with Gasteiger partial charge in [-0.15, -0.1) is 0 Å². The summed E-state index contributed by atoms with van der Waals surface area (Å²) in [5.41, 5.74) is -3.44. The van der Waals surface area contributed by atoms with Crippen LogP contribution in [-0.4, -0.2) is 22.6 Å². The molecule has 0 saturated heterocycles. The number of hydrogen-bond acceptors (Lipinski definition) is 5. The Kier molecular flexibility index (Phi) is 6.44. The maximum Gasteiger partial charge on any atom is 0.419 e. The first-order chi connectivity index (χ1) is 15.6. The van der Waals surface area contributed by atoms with E-state index in [1.165, 1.54) is 6.92 Å². The molecule has 0 spiro atoms. The maximum absolute atomic E-state index is 14.5. The molecule has 6 nitrogen and oxygen atoms in total. The van der Waals surface area contributed by atoms with Gasteiger partial charge in [-0.05, 0) is 31.2 Å². The Bertz CT molecular complexity index is 1450. The van der Waals surface area contributed by atoms with Crippen LogP contribution in [0, 0.1) is 29.2 Å². The van der Waals surface area contributed by atoms with Crippen LogP contribution in [0.1, 0.15) is 11.3 Å². The van der Waals surface area contributed by atoms with E-state index in [4.69, 9.17) is 14.3 Å². The molecule has 0 amide bonds. The summed E-state index contributed by atoms with van der Waals surface area (Å²) >= 11 is 0. The minimum absolute atomic E-state index is 0.157. The van der Waals surface area contributed by atoms with Gasteiger partial charge in [-0.1, -0.05) is 0 Å². The van der Waals surface area contributed by atoms with Gasteiger partial charge in [0.25, 0.3) is 0 Å². The van der Waals surface area contributed by atoms with E-state index in [1.54, 1.807) is 0 Å². The van der Waals surface area contributed by atoms with Crippen molar-refractivity contribution < 1.29 is 40.0 Å². The first-order valence-corrected chi connectivity index (χ1v) is 11.2. The minimum Gasteiger partial charge on any atom is -0.490 e. The van der Waals surface area contributed by atoms with Gasteiger partial charge in [-0.25, -0.2) is 17.8 Å². The topological polar surface area (TPSA) is 92.2 Å². The fourth-order valence-electron chi connectivity index (χ4n) is 3.21. The number of benzene rings is 2. The number of aromatic amines is 1. The summed E-state index contributed by atoms with van der Waals surface area (Å²) in [6, 6.07) is 3.13. The Labute approximate surface area is 189 Å². The number of H-pyrrole nitrogens is 1. The molecule has 2 N–H and O–H groups in total. The predicted octanol–water partition coefficient (Wildman–Crippen LogP) is 5.62. The summed E-state index contributed by atoms with van der Waals surface area (Å²) in [6.07, 6.45) is -4.27. The third-order valence-corrected chi connectivity index (χ3v) is 5.78. The van der Waals surface area contributed by atoms with E-state index in [0.29, 0.717) is 12.1 Å². The SMILES string of the molecule is COc1c(Oc2cc(C(F)(F)F)c(F)cc2-c2[nH]c(C)cc(=O)c2[S@](C)(=N)=O)ccc(F)c1F. The molecule has 182 valence electrons. The number of aryl methyl sites for hydroxylation is 1. The number of aromatic nitrogens is 1. The normalized spacial score (nSPS) is 13.4. The van der Waals surface area contributed by atoms with Gasteiger partial charge < -0.3 is 14.5 Å². The van der Waals surface area contributed by atoms with Crippen molar-refractivity contribution >= 4 is 9.73 Å². The van der Waals surface area contributed by atoms with E-state index in [1.807, 2.05) is 0 Å². The third kappa shape index (κ3) is 4.74. The minimum atomic E-state index is -5.17.